The molecule has 0 aromatic carbocycles. The maximum Gasteiger partial charge on any atom is 0.270 e. The number of hydrogen-bond acceptors (Lipinski definition) is 4. The smallest absolute Gasteiger partial charge is 0.270 e. The van der Waals surface area contributed by atoms with Crippen LogP contribution in [0, 0.1) is 19.8 Å². The molecule has 122 valence electrons. The third-order valence-electron chi connectivity index (χ3n) is 4.30. The van der Waals surface area contributed by atoms with E-state index in [1.807, 2.05) is 32.2 Å². The van der Waals surface area contributed by atoms with Crippen molar-refractivity contribution in [3.8, 4) is 0 Å². The second-order valence-corrected chi connectivity index (χ2v) is 6.26. The van der Waals surface area contributed by atoms with Crippen LogP contribution < -0.4 is 5.32 Å². The van der Waals surface area contributed by atoms with Crippen LogP contribution in [-0.4, -0.2) is 45.4 Å². The van der Waals surface area contributed by atoms with E-state index in [0.29, 0.717) is 18.2 Å². The lowest BCUT2D eigenvalue weighted by atomic mass is 10.1. The second kappa shape index (κ2) is 6.91. The molecule has 0 unspecified atom stereocenters. The quantitative estimate of drug-likeness (QED) is 0.880. The number of pyridine rings is 1. The number of aromatic amines is 1. The number of aryl methyl sites for hydroxylation is 2. The van der Waals surface area contributed by atoms with Gasteiger partial charge in [-0.05, 0) is 44.4 Å². The van der Waals surface area contributed by atoms with Crippen molar-refractivity contribution in [2.45, 2.75) is 26.8 Å². The van der Waals surface area contributed by atoms with E-state index in [1.54, 1.807) is 6.20 Å². The number of hydrogen-bond donors (Lipinski definition) is 2. The van der Waals surface area contributed by atoms with Crippen LogP contribution in [0.2, 0.25) is 0 Å². The molecule has 2 aromatic rings. The van der Waals surface area contributed by atoms with Gasteiger partial charge in [-0.3, -0.25) is 14.7 Å². The summed E-state index contributed by atoms with van der Waals surface area (Å²) < 4.78 is 0. The third-order valence-corrected chi connectivity index (χ3v) is 4.30. The average molecular weight is 313 g/mol. The van der Waals surface area contributed by atoms with Gasteiger partial charge >= 0.3 is 0 Å². The Bertz CT molecular complexity index is 681. The molecule has 1 amide bonds. The Kier molecular flexibility index (Phi) is 4.71. The summed E-state index contributed by atoms with van der Waals surface area (Å²) in [5, 5.41) is 3.02. The molecule has 2 N–H and O–H groups in total. The maximum absolute atomic E-state index is 12.2. The molecule has 0 saturated carbocycles. The van der Waals surface area contributed by atoms with Crippen molar-refractivity contribution in [3.63, 3.8) is 0 Å². The summed E-state index contributed by atoms with van der Waals surface area (Å²) in [6.45, 7) is 7.52. The van der Waals surface area contributed by atoms with Gasteiger partial charge in [-0.2, -0.15) is 0 Å². The molecule has 1 aliphatic rings. The third kappa shape index (κ3) is 3.96. The van der Waals surface area contributed by atoms with Gasteiger partial charge in [0.2, 0.25) is 0 Å². The van der Waals surface area contributed by atoms with Crippen LogP contribution in [0.15, 0.2) is 24.5 Å². The van der Waals surface area contributed by atoms with Gasteiger partial charge in [0.15, 0.2) is 0 Å². The minimum Gasteiger partial charge on any atom is -0.350 e. The summed E-state index contributed by atoms with van der Waals surface area (Å²) in [5.41, 5.74) is 2.58. The molecule has 6 nitrogen and oxygen atoms in total. The number of imidazole rings is 1. The Morgan fingerprint density at radius 3 is 3.04 bits per heavy atom. The SMILES string of the molecule is Cc1ncc(CN2CC[C@@H](CNC(=O)c3ncccc3C)C2)[nH]1. The normalized spacial score (nSPS) is 18.3. The molecule has 1 aliphatic heterocycles. The summed E-state index contributed by atoms with van der Waals surface area (Å²) in [4.78, 5) is 26.3. The largest absolute Gasteiger partial charge is 0.350 e. The highest BCUT2D eigenvalue weighted by molar-refractivity contribution is 5.93. The Morgan fingerprint density at radius 1 is 1.43 bits per heavy atom. The monoisotopic (exact) mass is 313 g/mol. The van der Waals surface area contributed by atoms with E-state index < -0.39 is 0 Å². The molecule has 6 heteroatoms. The minimum atomic E-state index is -0.0780. The zero-order valence-corrected chi connectivity index (χ0v) is 13.7. The zero-order valence-electron chi connectivity index (χ0n) is 13.7. The van der Waals surface area contributed by atoms with E-state index in [1.165, 1.54) is 0 Å². The van der Waals surface area contributed by atoms with Crippen molar-refractivity contribution in [2.24, 2.45) is 5.92 Å². The number of carbonyl (C=O) groups is 1. The molecule has 0 spiro atoms. The molecule has 0 bridgehead atoms. The van der Waals surface area contributed by atoms with Crippen molar-refractivity contribution in [1.29, 1.82) is 0 Å². The fourth-order valence-electron chi connectivity index (χ4n) is 3.06. The van der Waals surface area contributed by atoms with Crippen LogP contribution in [0.25, 0.3) is 0 Å². The van der Waals surface area contributed by atoms with Crippen LogP contribution >= 0.6 is 0 Å². The van der Waals surface area contributed by atoms with Crippen LogP contribution in [0.3, 0.4) is 0 Å². The summed E-state index contributed by atoms with van der Waals surface area (Å²) in [7, 11) is 0. The number of aromatic nitrogens is 3. The van der Waals surface area contributed by atoms with Gasteiger partial charge in [-0.1, -0.05) is 6.07 Å². The molecule has 1 fully saturated rings. The molecule has 1 atom stereocenters. The first-order valence-electron chi connectivity index (χ1n) is 8.04. The van der Waals surface area contributed by atoms with Crippen molar-refractivity contribution < 1.29 is 4.79 Å². The summed E-state index contributed by atoms with van der Waals surface area (Å²) in [6.07, 6.45) is 4.66. The van der Waals surface area contributed by atoms with Gasteiger partial charge in [-0.15, -0.1) is 0 Å². The minimum absolute atomic E-state index is 0.0780. The second-order valence-electron chi connectivity index (χ2n) is 6.26. The van der Waals surface area contributed by atoms with Gasteiger partial charge in [0.1, 0.15) is 11.5 Å². The molecule has 0 aliphatic carbocycles. The average Bonchev–Trinajstić information content (AvgIpc) is 3.15. The predicted octanol–water partition coefficient (Wildman–Crippen LogP) is 1.67. The van der Waals surface area contributed by atoms with E-state index in [4.69, 9.17) is 0 Å². The Hall–Kier alpha value is -2.21. The molecular weight excluding hydrogens is 290 g/mol. The molecular formula is C17H23N5O. The molecule has 1 saturated heterocycles. The van der Waals surface area contributed by atoms with E-state index in [2.05, 4.69) is 25.2 Å². The standard InChI is InChI=1S/C17H23N5O/c1-12-4-3-6-18-16(12)17(23)20-8-14-5-7-22(10-14)11-15-9-19-13(2)21-15/h3-4,6,9,14H,5,7-8,10-11H2,1-2H3,(H,19,21)(H,20,23)/t14-/m0/s1. The number of H-pyrrole nitrogens is 1. The summed E-state index contributed by atoms with van der Waals surface area (Å²) in [5.74, 6) is 1.37. The maximum atomic E-state index is 12.2. The first kappa shape index (κ1) is 15.7. The fraction of sp³-hybridized carbons (Fsp3) is 0.471. The lowest BCUT2D eigenvalue weighted by molar-refractivity contribution is 0.0941. The van der Waals surface area contributed by atoms with Crippen LogP contribution in [-0.2, 0) is 6.54 Å². The number of rotatable bonds is 5. The highest BCUT2D eigenvalue weighted by atomic mass is 16.1. The number of amides is 1. The van der Waals surface area contributed by atoms with E-state index >= 15 is 0 Å². The Labute approximate surface area is 136 Å². The van der Waals surface area contributed by atoms with Gasteiger partial charge in [-0.25, -0.2) is 4.98 Å². The number of nitrogens with one attached hydrogen (secondary N) is 2. The van der Waals surface area contributed by atoms with Crippen LogP contribution in [0.4, 0.5) is 0 Å². The molecule has 2 aromatic heterocycles. The first-order valence-corrected chi connectivity index (χ1v) is 8.04. The summed E-state index contributed by atoms with van der Waals surface area (Å²) in [6, 6.07) is 3.75. The van der Waals surface area contributed by atoms with Gasteiger partial charge in [0.25, 0.3) is 5.91 Å². The lowest BCUT2D eigenvalue weighted by Gasteiger charge is -2.15. The first-order chi connectivity index (χ1) is 11.1. The Balaban J connectivity index is 1.47. The van der Waals surface area contributed by atoms with Gasteiger partial charge in [0.05, 0.1) is 0 Å². The van der Waals surface area contributed by atoms with E-state index in [0.717, 1.165) is 43.1 Å². The Morgan fingerprint density at radius 2 is 2.30 bits per heavy atom. The molecule has 3 heterocycles. The van der Waals surface area contributed by atoms with Crippen molar-refractivity contribution in [3.05, 3.63) is 47.3 Å². The number of likely N-dealkylation sites (tertiary alicyclic amines) is 1. The lowest BCUT2D eigenvalue weighted by Crippen LogP contribution is -2.31. The zero-order chi connectivity index (χ0) is 16.2. The molecule has 3 rings (SSSR count). The molecule has 23 heavy (non-hydrogen) atoms. The predicted molar refractivity (Wildman–Crippen MR) is 88.0 cm³/mol. The van der Waals surface area contributed by atoms with Gasteiger partial charge in [0, 0.05) is 37.7 Å². The highest BCUT2D eigenvalue weighted by Crippen LogP contribution is 2.17. The number of nitrogens with zero attached hydrogens (tertiary/aromatic N) is 3. The summed E-state index contributed by atoms with van der Waals surface area (Å²) >= 11 is 0. The molecule has 0 radical (unpaired) electrons. The van der Waals surface area contributed by atoms with Crippen molar-refractivity contribution in [1.82, 2.24) is 25.2 Å². The number of carbonyl (C=O) groups excluding carboxylic acids is 1. The highest BCUT2D eigenvalue weighted by Gasteiger charge is 2.23. The van der Waals surface area contributed by atoms with Gasteiger partial charge < -0.3 is 10.3 Å². The van der Waals surface area contributed by atoms with Crippen LogP contribution in [0.1, 0.15) is 34.0 Å². The van der Waals surface area contributed by atoms with E-state index in [9.17, 15) is 4.79 Å². The van der Waals surface area contributed by atoms with E-state index in [-0.39, 0.29) is 5.91 Å². The van der Waals surface area contributed by atoms with Crippen LogP contribution in [0.5, 0.6) is 0 Å². The topological polar surface area (TPSA) is 73.9 Å². The van der Waals surface area contributed by atoms with Crippen molar-refractivity contribution >= 4 is 5.91 Å². The van der Waals surface area contributed by atoms with Crippen molar-refractivity contribution in [2.75, 3.05) is 19.6 Å². The fourth-order valence-corrected chi connectivity index (χ4v) is 3.06.